The summed E-state index contributed by atoms with van der Waals surface area (Å²) in [5.41, 5.74) is 6.25. The molecule has 1 aromatic rings. The number of nitrogens with zero attached hydrogens (tertiary/aromatic N) is 3. The lowest BCUT2D eigenvalue weighted by Crippen LogP contribution is -2.40. The van der Waals surface area contributed by atoms with Crippen molar-refractivity contribution in [1.82, 2.24) is 14.8 Å². The van der Waals surface area contributed by atoms with Gasteiger partial charge in [-0.05, 0) is 32.6 Å². The minimum absolute atomic E-state index is 0.0250. The minimum Gasteiger partial charge on any atom is -0.377 e. The lowest BCUT2D eigenvalue weighted by Gasteiger charge is -2.23. The molecule has 2 unspecified atom stereocenters. The Labute approximate surface area is 102 Å². The van der Waals surface area contributed by atoms with Crippen molar-refractivity contribution in [3.8, 4) is 0 Å². The monoisotopic (exact) mass is 238 g/mol. The van der Waals surface area contributed by atoms with Gasteiger partial charge >= 0.3 is 0 Å². The van der Waals surface area contributed by atoms with Crippen molar-refractivity contribution in [1.29, 1.82) is 0 Å². The zero-order chi connectivity index (χ0) is 12.3. The maximum absolute atomic E-state index is 6.25. The average molecular weight is 238 g/mol. The lowest BCUT2D eigenvalue weighted by atomic mass is 10.0. The first-order valence-corrected chi connectivity index (χ1v) is 6.50. The maximum Gasteiger partial charge on any atom is 0.138 e. The van der Waals surface area contributed by atoms with E-state index in [0.717, 1.165) is 25.4 Å². The van der Waals surface area contributed by atoms with Crippen molar-refractivity contribution >= 4 is 0 Å². The van der Waals surface area contributed by atoms with Crippen molar-refractivity contribution in [2.75, 3.05) is 6.61 Å². The molecule has 1 heterocycles. The van der Waals surface area contributed by atoms with Gasteiger partial charge in [-0.15, -0.1) is 0 Å². The van der Waals surface area contributed by atoms with E-state index < -0.39 is 0 Å². The predicted octanol–water partition coefficient (Wildman–Crippen LogP) is 0.983. The summed E-state index contributed by atoms with van der Waals surface area (Å²) >= 11 is 0. The second-order valence-corrected chi connectivity index (χ2v) is 4.62. The molecule has 0 amide bonds. The van der Waals surface area contributed by atoms with Crippen molar-refractivity contribution in [3.63, 3.8) is 0 Å². The summed E-state index contributed by atoms with van der Waals surface area (Å²) in [5.74, 6) is 1.62. The van der Waals surface area contributed by atoms with Gasteiger partial charge in [-0.1, -0.05) is 0 Å². The normalized spacial score (nSPS) is 19.2. The summed E-state index contributed by atoms with van der Waals surface area (Å²) in [6.07, 6.45) is 5.02. The van der Waals surface area contributed by atoms with Crippen LogP contribution in [-0.2, 0) is 17.7 Å². The van der Waals surface area contributed by atoms with E-state index in [-0.39, 0.29) is 12.1 Å². The number of hydrogen-bond donors (Lipinski definition) is 1. The van der Waals surface area contributed by atoms with Crippen LogP contribution in [0.2, 0.25) is 0 Å². The molecule has 2 N–H and O–H groups in total. The van der Waals surface area contributed by atoms with Gasteiger partial charge in [0.05, 0.1) is 6.10 Å². The van der Waals surface area contributed by atoms with E-state index >= 15 is 0 Å². The lowest BCUT2D eigenvalue weighted by molar-refractivity contribution is 0.0281. The summed E-state index contributed by atoms with van der Waals surface area (Å²) in [7, 11) is 0. The second kappa shape index (κ2) is 5.60. The maximum atomic E-state index is 6.25. The highest BCUT2D eigenvalue weighted by Crippen LogP contribution is 2.35. The third-order valence-electron chi connectivity index (χ3n) is 3.28. The van der Waals surface area contributed by atoms with Crippen molar-refractivity contribution < 1.29 is 4.74 Å². The highest BCUT2D eigenvalue weighted by molar-refractivity contribution is 4.96. The van der Waals surface area contributed by atoms with Crippen LogP contribution < -0.4 is 5.73 Å². The zero-order valence-corrected chi connectivity index (χ0v) is 10.7. The summed E-state index contributed by atoms with van der Waals surface area (Å²) in [5, 5.41) is 4.16. The Morgan fingerprint density at radius 2 is 2.29 bits per heavy atom. The highest BCUT2D eigenvalue weighted by Gasteiger charge is 2.36. The van der Waals surface area contributed by atoms with E-state index in [1.807, 2.05) is 11.6 Å². The van der Waals surface area contributed by atoms with E-state index in [0.29, 0.717) is 5.92 Å². The smallest absolute Gasteiger partial charge is 0.138 e. The molecule has 5 nitrogen and oxygen atoms in total. The molecule has 2 atom stereocenters. The topological polar surface area (TPSA) is 66.0 Å². The Balaban J connectivity index is 1.96. The second-order valence-electron chi connectivity index (χ2n) is 4.62. The molecule has 1 aliphatic carbocycles. The molecule has 1 aromatic heterocycles. The van der Waals surface area contributed by atoms with Gasteiger partial charge in [0.25, 0.3) is 0 Å². The molecule has 0 saturated heterocycles. The third-order valence-corrected chi connectivity index (χ3v) is 3.28. The van der Waals surface area contributed by atoms with Crippen molar-refractivity contribution in [2.24, 2.45) is 11.7 Å². The largest absolute Gasteiger partial charge is 0.377 e. The van der Waals surface area contributed by atoms with E-state index in [9.17, 15) is 0 Å². The Bertz CT molecular complexity index is 348. The molecule has 17 heavy (non-hydrogen) atoms. The van der Waals surface area contributed by atoms with Crippen LogP contribution in [0.4, 0.5) is 0 Å². The van der Waals surface area contributed by atoms with Crippen LogP contribution in [0, 0.1) is 5.92 Å². The molecule has 2 rings (SSSR count). The molecule has 0 radical (unpaired) electrons. The SMILES string of the molecule is CCOC(C(N)Cc1ncnn1CC)C1CC1. The molecular formula is C12H22N4O. The summed E-state index contributed by atoms with van der Waals surface area (Å²) in [6.45, 7) is 5.65. The fourth-order valence-electron chi connectivity index (χ4n) is 2.26. The summed E-state index contributed by atoms with van der Waals surface area (Å²) < 4.78 is 7.67. The van der Waals surface area contributed by atoms with Gasteiger partial charge < -0.3 is 10.5 Å². The van der Waals surface area contributed by atoms with Gasteiger partial charge in [0.1, 0.15) is 12.2 Å². The van der Waals surface area contributed by atoms with Gasteiger partial charge in [-0.25, -0.2) is 4.98 Å². The Hall–Kier alpha value is -0.940. The molecule has 1 aliphatic rings. The first-order chi connectivity index (χ1) is 8.26. The first-order valence-electron chi connectivity index (χ1n) is 6.50. The average Bonchev–Trinajstić information content (AvgIpc) is 3.06. The molecule has 0 spiro atoms. The summed E-state index contributed by atoms with van der Waals surface area (Å²) in [4.78, 5) is 4.27. The van der Waals surface area contributed by atoms with Gasteiger partial charge in [-0.2, -0.15) is 5.10 Å². The van der Waals surface area contributed by atoms with Gasteiger partial charge in [0.15, 0.2) is 0 Å². The number of aromatic nitrogens is 3. The van der Waals surface area contributed by atoms with Crippen molar-refractivity contribution in [3.05, 3.63) is 12.2 Å². The van der Waals surface area contributed by atoms with Gasteiger partial charge in [0, 0.05) is 25.6 Å². The molecule has 5 heteroatoms. The Morgan fingerprint density at radius 3 is 2.88 bits per heavy atom. The van der Waals surface area contributed by atoms with Crippen LogP contribution >= 0.6 is 0 Å². The van der Waals surface area contributed by atoms with Crippen LogP contribution in [0.1, 0.15) is 32.5 Å². The van der Waals surface area contributed by atoms with Crippen LogP contribution in [0.15, 0.2) is 6.33 Å². The van der Waals surface area contributed by atoms with Crippen LogP contribution in [-0.4, -0.2) is 33.5 Å². The fraction of sp³-hybridized carbons (Fsp3) is 0.833. The number of nitrogens with two attached hydrogens (primary N) is 1. The Morgan fingerprint density at radius 1 is 1.53 bits per heavy atom. The number of rotatable bonds is 7. The van der Waals surface area contributed by atoms with E-state index in [1.165, 1.54) is 12.8 Å². The van der Waals surface area contributed by atoms with E-state index in [1.54, 1.807) is 6.33 Å². The highest BCUT2D eigenvalue weighted by atomic mass is 16.5. The van der Waals surface area contributed by atoms with Crippen LogP contribution in [0.25, 0.3) is 0 Å². The number of hydrogen-bond acceptors (Lipinski definition) is 4. The molecule has 96 valence electrons. The third kappa shape index (κ3) is 3.04. The van der Waals surface area contributed by atoms with Crippen LogP contribution in [0.3, 0.4) is 0 Å². The predicted molar refractivity (Wildman–Crippen MR) is 65.5 cm³/mol. The van der Waals surface area contributed by atoms with Gasteiger partial charge in [-0.3, -0.25) is 4.68 Å². The quantitative estimate of drug-likeness (QED) is 0.769. The Kier molecular flexibility index (Phi) is 4.12. The van der Waals surface area contributed by atoms with E-state index in [2.05, 4.69) is 17.0 Å². The number of ether oxygens (including phenoxy) is 1. The molecule has 0 aliphatic heterocycles. The number of aryl methyl sites for hydroxylation is 1. The molecule has 0 bridgehead atoms. The molecule has 1 fully saturated rings. The van der Waals surface area contributed by atoms with E-state index in [4.69, 9.17) is 10.5 Å². The zero-order valence-electron chi connectivity index (χ0n) is 10.7. The standard InChI is InChI=1S/C12H22N4O/c1-3-16-11(14-8-15-16)7-10(13)12(17-4-2)9-5-6-9/h8-10,12H,3-7,13H2,1-2H3. The fourth-order valence-corrected chi connectivity index (χ4v) is 2.26. The molecular weight excluding hydrogens is 216 g/mol. The molecule has 0 aromatic carbocycles. The molecule has 1 saturated carbocycles. The van der Waals surface area contributed by atoms with Crippen LogP contribution in [0.5, 0.6) is 0 Å². The van der Waals surface area contributed by atoms with Crippen molar-refractivity contribution in [2.45, 2.75) is 51.8 Å². The minimum atomic E-state index is 0.0250. The van der Waals surface area contributed by atoms with Gasteiger partial charge in [0.2, 0.25) is 0 Å². The summed E-state index contributed by atoms with van der Waals surface area (Å²) in [6, 6.07) is 0.0250. The first kappa shape index (κ1) is 12.5.